The molecule has 0 aliphatic carbocycles. The van der Waals surface area contributed by atoms with E-state index < -0.39 is 0 Å². The molecule has 0 radical (unpaired) electrons. The highest BCUT2D eigenvalue weighted by Gasteiger charge is 2.12. The fourth-order valence-electron chi connectivity index (χ4n) is 2.06. The van der Waals surface area contributed by atoms with E-state index in [2.05, 4.69) is 5.32 Å². The highest BCUT2D eigenvalue weighted by atomic mass is 16.5. The Morgan fingerprint density at radius 3 is 2.90 bits per heavy atom. The van der Waals surface area contributed by atoms with Crippen LogP contribution in [0.3, 0.4) is 0 Å². The molecule has 5 heteroatoms. The van der Waals surface area contributed by atoms with Gasteiger partial charge in [-0.15, -0.1) is 0 Å². The number of anilines is 1. The van der Waals surface area contributed by atoms with Crippen molar-refractivity contribution in [1.29, 1.82) is 0 Å². The van der Waals surface area contributed by atoms with Crippen LogP contribution in [-0.2, 0) is 6.42 Å². The molecule has 0 aliphatic heterocycles. The van der Waals surface area contributed by atoms with Crippen molar-refractivity contribution in [3.8, 4) is 5.75 Å². The van der Waals surface area contributed by atoms with Gasteiger partial charge in [-0.2, -0.15) is 0 Å². The van der Waals surface area contributed by atoms with Crippen LogP contribution in [0.4, 0.5) is 5.69 Å². The molecule has 0 fully saturated rings. The Hall–Kier alpha value is -2.43. The van der Waals surface area contributed by atoms with Crippen LogP contribution in [-0.4, -0.2) is 19.1 Å². The number of hydrogen-bond acceptors (Lipinski definition) is 4. The van der Waals surface area contributed by atoms with E-state index in [4.69, 9.17) is 14.9 Å². The number of nitrogens with two attached hydrogens (primary N) is 1. The van der Waals surface area contributed by atoms with Gasteiger partial charge in [-0.3, -0.25) is 4.79 Å². The van der Waals surface area contributed by atoms with Crippen molar-refractivity contribution in [3.63, 3.8) is 0 Å². The third-order valence-electron chi connectivity index (χ3n) is 3.21. The maximum atomic E-state index is 12.2. The second kappa shape index (κ2) is 6.83. The average molecular weight is 288 g/mol. The summed E-state index contributed by atoms with van der Waals surface area (Å²) in [5, 5.41) is 2.95. The van der Waals surface area contributed by atoms with E-state index in [1.165, 1.54) is 0 Å². The first-order chi connectivity index (χ1) is 10.1. The number of hydrogen-bond donors (Lipinski definition) is 2. The van der Waals surface area contributed by atoms with Crippen molar-refractivity contribution in [1.82, 2.24) is 5.32 Å². The third kappa shape index (κ3) is 4.27. The van der Waals surface area contributed by atoms with Crippen LogP contribution in [0.15, 0.2) is 41.0 Å². The molecule has 2 rings (SSSR count). The zero-order valence-electron chi connectivity index (χ0n) is 12.3. The van der Waals surface area contributed by atoms with Gasteiger partial charge in [0, 0.05) is 29.8 Å². The number of amides is 1. The lowest BCUT2D eigenvalue weighted by molar-refractivity contribution is 0.0938. The van der Waals surface area contributed by atoms with E-state index in [1.807, 2.05) is 19.1 Å². The minimum Gasteiger partial charge on any atom is -0.497 e. The first-order valence-electron chi connectivity index (χ1n) is 6.86. The molecule has 21 heavy (non-hydrogen) atoms. The van der Waals surface area contributed by atoms with Crippen molar-refractivity contribution >= 4 is 11.6 Å². The number of nitrogen functional groups attached to an aromatic ring is 1. The number of benzene rings is 1. The van der Waals surface area contributed by atoms with Crippen molar-refractivity contribution in [2.75, 3.05) is 12.8 Å². The van der Waals surface area contributed by atoms with Gasteiger partial charge in [0.25, 0.3) is 5.91 Å². The highest BCUT2D eigenvalue weighted by molar-refractivity contribution is 5.95. The monoisotopic (exact) mass is 288 g/mol. The predicted octanol–water partition coefficient (Wildman–Crippen LogP) is 2.62. The zero-order valence-corrected chi connectivity index (χ0v) is 12.3. The maximum Gasteiger partial charge on any atom is 0.251 e. The summed E-state index contributed by atoms with van der Waals surface area (Å²) in [7, 11) is 1.54. The van der Waals surface area contributed by atoms with Gasteiger partial charge in [-0.05, 0) is 37.6 Å². The smallest absolute Gasteiger partial charge is 0.251 e. The van der Waals surface area contributed by atoms with Gasteiger partial charge in [0.05, 0.1) is 13.4 Å². The van der Waals surface area contributed by atoms with Gasteiger partial charge in [0.15, 0.2) is 0 Å². The summed E-state index contributed by atoms with van der Waals surface area (Å²) in [5.41, 5.74) is 6.75. The summed E-state index contributed by atoms with van der Waals surface area (Å²) >= 11 is 0. The number of methoxy groups -OCH3 is 1. The number of nitrogens with one attached hydrogen (secondary N) is 1. The second-order valence-electron chi connectivity index (χ2n) is 4.99. The normalized spacial score (nSPS) is 11.9. The first kappa shape index (κ1) is 15.0. The fourth-order valence-corrected chi connectivity index (χ4v) is 2.06. The standard InChI is InChI=1S/C16H20N2O3/c1-11(5-6-14-4-3-7-21-14)18-16(19)12-8-13(17)10-15(9-12)20-2/h3-4,7-11H,5-6,17H2,1-2H3,(H,18,19). The average Bonchev–Trinajstić information content (AvgIpc) is 2.97. The lowest BCUT2D eigenvalue weighted by Gasteiger charge is -2.14. The van der Waals surface area contributed by atoms with Crippen LogP contribution in [0, 0.1) is 0 Å². The van der Waals surface area contributed by atoms with Gasteiger partial charge in [-0.1, -0.05) is 0 Å². The topological polar surface area (TPSA) is 77.5 Å². The SMILES string of the molecule is COc1cc(N)cc(C(=O)NC(C)CCc2ccco2)c1. The molecule has 0 spiro atoms. The Kier molecular flexibility index (Phi) is 4.87. The van der Waals surface area contributed by atoms with E-state index >= 15 is 0 Å². The minimum absolute atomic E-state index is 0.0371. The Bertz CT molecular complexity index is 594. The molecular formula is C16H20N2O3. The van der Waals surface area contributed by atoms with Gasteiger partial charge in [0.1, 0.15) is 11.5 Å². The third-order valence-corrected chi connectivity index (χ3v) is 3.21. The summed E-state index contributed by atoms with van der Waals surface area (Å²) in [4.78, 5) is 12.2. The lowest BCUT2D eigenvalue weighted by Crippen LogP contribution is -2.32. The van der Waals surface area contributed by atoms with Gasteiger partial charge in [-0.25, -0.2) is 0 Å². The maximum absolute atomic E-state index is 12.2. The zero-order chi connectivity index (χ0) is 15.2. The van der Waals surface area contributed by atoms with Crippen LogP contribution >= 0.6 is 0 Å². The van der Waals surface area contributed by atoms with Crippen molar-refractivity contribution in [3.05, 3.63) is 47.9 Å². The van der Waals surface area contributed by atoms with Crippen LogP contribution in [0.1, 0.15) is 29.5 Å². The Morgan fingerprint density at radius 2 is 2.24 bits per heavy atom. The van der Waals surface area contributed by atoms with E-state index in [-0.39, 0.29) is 11.9 Å². The molecule has 1 amide bonds. The van der Waals surface area contributed by atoms with Crippen molar-refractivity contribution in [2.45, 2.75) is 25.8 Å². The van der Waals surface area contributed by atoms with Crippen LogP contribution in [0.25, 0.3) is 0 Å². The molecule has 0 aliphatic rings. The summed E-state index contributed by atoms with van der Waals surface area (Å²) < 4.78 is 10.4. The number of aryl methyl sites for hydroxylation is 1. The molecule has 1 heterocycles. The quantitative estimate of drug-likeness (QED) is 0.801. The van der Waals surface area contributed by atoms with Gasteiger partial charge < -0.3 is 20.2 Å². The number of rotatable bonds is 6. The molecule has 0 saturated heterocycles. The largest absolute Gasteiger partial charge is 0.497 e. The van der Waals surface area contributed by atoms with Crippen molar-refractivity contribution < 1.29 is 13.9 Å². The number of carbonyl (C=O) groups is 1. The van der Waals surface area contributed by atoms with Crippen LogP contribution in [0.2, 0.25) is 0 Å². The van der Waals surface area contributed by atoms with Gasteiger partial charge >= 0.3 is 0 Å². The molecule has 1 unspecified atom stereocenters. The highest BCUT2D eigenvalue weighted by Crippen LogP contribution is 2.18. The van der Waals surface area contributed by atoms with Gasteiger partial charge in [0.2, 0.25) is 0 Å². The molecular weight excluding hydrogens is 268 g/mol. The van der Waals surface area contributed by atoms with Crippen molar-refractivity contribution in [2.24, 2.45) is 0 Å². The molecule has 0 saturated carbocycles. The van der Waals surface area contributed by atoms with E-state index in [0.29, 0.717) is 17.0 Å². The number of furan rings is 1. The minimum atomic E-state index is -0.160. The van der Waals surface area contributed by atoms with E-state index in [9.17, 15) is 4.79 Å². The number of ether oxygens (including phenoxy) is 1. The Balaban J connectivity index is 1.92. The molecule has 112 valence electrons. The van der Waals surface area contributed by atoms with Crippen LogP contribution in [0.5, 0.6) is 5.75 Å². The first-order valence-corrected chi connectivity index (χ1v) is 6.86. The lowest BCUT2D eigenvalue weighted by atomic mass is 10.1. The second-order valence-corrected chi connectivity index (χ2v) is 4.99. The molecule has 1 atom stereocenters. The molecule has 5 nitrogen and oxygen atoms in total. The number of carbonyl (C=O) groups excluding carboxylic acids is 1. The molecule has 1 aromatic heterocycles. The predicted molar refractivity (Wildman–Crippen MR) is 81.4 cm³/mol. The molecule has 1 aromatic carbocycles. The molecule has 2 aromatic rings. The fraction of sp³-hybridized carbons (Fsp3) is 0.312. The summed E-state index contributed by atoms with van der Waals surface area (Å²) in [6, 6.07) is 8.81. The Morgan fingerprint density at radius 1 is 1.43 bits per heavy atom. The summed E-state index contributed by atoms with van der Waals surface area (Å²) in [5.74, 6) is 1.33. The summed E-state index contributed by atoms with van der Waals surface area (Å²) in [6.07, 6.45) is 3.24. The molecule has 3 N–H and O–H groups in total. The Labute approximate surface area is 124 Å². The molecule has 0 bridgehead atoms. The van der Waals surface area contributed by atoms with E-state index in [0.717, 1.165) is 18.6 Å². The van der Waals surface area contributed by atoms with E-state index in [1.54, 1.807) is 31.6 Å². The summed E-state index contributed by atoms with van der Waals surface area (Å²) in [6.45, 7) is 1.96. The van der Waals surface area contributed by atoms with Crippen LogP contribution < -0.4 is 15.8 Å².